The average Bonchev–Trinajstić information content (AvgIpc) is 2.36. The Kier molecular flexibility index (Phi) is 2.73. The fourth-order valence-electron chi connectivity index (χ4n) is 0.735. The van der Waals surface area contributed by atoms with Crippen LogP contribution in [0.2, 0.25) is 0 Å². The fourth-order valence-corrected chi connectivity index (χ4v) is 0.735. The molecule has 0 aromatic carbocycles. The van der Waals surface area contributed by atoms with Gasteiger partial charge in [-0.05, 0) is 12.1 Å². The highest BCUT2D eigenvalue weighted by Crippen LogP contribution is 1.90. The summed E-state index contributed by atoms with van der Waals surface area (Å²) in [6, 6.07) is 0. The zero-order valence-electron chi connectivity index (χ0n) is 7.02. The molecule has 0 fully saturated rings. The quantitative estimate of drug-likeness (QED) is 0.562. The molecule has 0 unspecified atom stereocenters. The van der Waals surface area contributed by atoms with Gasteiger partial charge in [0.2, 0.25) is 0 Å². The summed E-state index contributed by atoms with van der Waals surface area (Å²) < 4.78 is 4.70. The molecule has 66 valence electrons. The summed E-state index contributed by atoms with van der Waals surface area (Å²) in [5.74, 6) is 0.0569. The summed E-state index contributed by atoms with van der Waals surface area (Å²) >= 11 is 0. The maximum Gasteiger partial charge on any atom is 0.313 e. The van der Waals surface area contributed by atoms with Gasteiger partial charge in [-0.2, -0.15) is 4.80 Å². The number of carbonyl (C=O) groups is 1. The van der Waals surface area contributed by atoms with Crippen LogP contribution in [0.4, 0.5) is 0 Å². The molecule has 0 atom stereocenters. The van der Waals surface area contributed by atoms with Crippen LogP contribution >= 0.6 is 0 Å². The van der Waals surface area contributed by atoms with Crippen LogP contribution in [-0.2, 0) is 23.0 Å². The van der Waals surface area contributed by atoms with Crippen molar-refractivity contribution in [3.05, 3.63) is 5.82 Å². The van der Waals surface area contributed by atoms with E-state index in [0.717, 1.165) is 0 Å². The van der Waals surface area contributed by atoms with Crippen LogP contribution in [0, 0.1) is 0 Å². The van der Waals surface area contributed by atoms with E-state index < -0.39 is 0 Å². The van der Waals surface area contributed by atoms with Gasteiger partial charge in [0, 0.05) is 0 Å². The van der Waals surface area contributed by atoms with Crippen molar-refractivity contribution in [2.45, 2.75) is 13.3 Å². The third-order valence-electron chi connectivity index (χ3n) is 1.16. The van der Waals surface area contributed by atoms with Gasteiger partial charge in [0.05, 0.1) is 13.7 Å². The Balaban J connectivity index is 2.46. The van der Waals surface area contributed by atoms with Crippen molar-refractivity contribution in [1.29, 1.82) is 0 Å². The number of tetrazole rings is 1. The fraction of sp³-hybridized carbons (Fsp3) is 0.667. The number of esters is 1. The zero-order valence-corrected chi connectivity index (χ0v) is 7.02. The van der Waals surface area contributed by atoms with Gasteiger partial charge >= 0.3 is 5.97 Å². The summed E-state index contributed by atoms with van der Waals surface area (Å²) in [6.07, 6.45) is 0.0850. The van der Waals surface area contributed by atoms with Gasteiger partial charge in [-0.25, -0.2) is 0 Å². The number of aromatic nitrogens is 4. The van der Waals surface area contributed by atoms with Gasteiger partial charge in [0.1, 0.15) is 6.42 Å². The van der Waals surface area contributed by atoms with Gasteiger partial charge in [-0.3, -0.25) is 4.79 Å². The number of nitrogens with zero attached hydrogens (tertiary/aromatic N) is 4. The largest absolute Gasteiger partial charge is 0.466 e. The summed E-state index contributed by atoms with van der Waals surface area (Å²) in [4.78, 5) is 12.2. The summed E-state index contributed by atoms with van der Waals surface area (Å²) in [5.41, 5.74) is 0. The smallest absolute Gasteiger partial charge is 0.313 e. The summed E-state index contributed by atoms with van der Waals surface area (Å²) in [6.45, 7) is 2.13. The van der Waals surface area contributed by atoms with E-state index in [1.54, 1.807) is 14.0 Å². The van der Waals surface area contributed by atoms with E-state index in [1.165, 1.54) is 4.80 Å². The lowest BCUT2D eigenvalue weighted by molar-refractivity contribution is -0.142. The standard InChI is InChI=1S/C6H10N4O2/c1-3-12-6(11)4-5-7-9-10(2)8-5/h3-4H2,1-2H3. The molecule has 1 rings (SSSR count). The molecule has 0 N–H and O–H groups in total. The maximum atomic E-state index is 10.9. The molecule has 0 spiro atoms. The van der Waals surface area contributed by atoms with E-state index in [4.69, 9.17) is 4.74 Å². The van der Waals surface area contributed by atoms with Crippen LogP contribution in [0.25, 0.3) is 0 Å². The number of ether oxygens (including phenoxy) is 1. The molecule has 0 bridgehead atoms. The van der Waals surface area contributed by atoms with Crippen molar-refractivity contribution in [2.24, 2.45) is 7.05 Å². The van der Waals surface area contributed by atoms with Crippen molar-refractivity contribution in [3.63, 3.8) is 0 Å². The van der Waals surface area contributed by atoms with E-state index in [9.17, 15) is 4.79 Å². The molecule has 0 aliphatic rings. The third kappa shape index (κ3) is 2.30. The van der Waals surface area contributed by atoms with E-state index in [-0.39, 0.29) is 12.4 Å². The molecule has 0 aliphatic heterocycles. The summed E-state index contributed by atoms with van der Waals surface area (Å²) in [7, 11) is 1.64. The van der Waals surface area contributed by atoms with Crippen molar-refractivity contribution in [2.75, 3.05) is 6.61 Å². The lowest BCUT2D eigenvalue weighted by Crippen LogP contribution is -2.08. The van der Waals surface area contributed by atoms with Crippen LogP contribution in [0.5, 0.6) is 0 Å². The first-order valence-electron chi connectivity index (χ1n) is 3.61. The van der Waals surface area contributed by atoms with E-state index in [1.807, 2.05) is 0 Å². The second kappa shape index (κ2) is 3.80. The molecule has 6 nitrogen and oxygen atoms in total. The van der Waals surface area contributed by atoms with E-state index in [0.29, 0.717) is 12.4 Å². The van der Waals surface area contributed by atoms with Crippen molar-refractivity contribution in [3.8, 4) is 0 Å². The zero-order chi connectivity index (χ0) is 8.97. The van der Waals surface area contributed by atoms with E-state index in [2.05, 4.69) is 15.4 Å². The van der Waals surface area contributed by atoms with Crippen LogP contribution in [0.15, 0.2) is 0 Å². The van der Waals surface area contributed by atoms with Crippen LogP contribution in [0.1, 0.15) is 12.7 Å². The Labute approximate surface area is 69.5 Å². The first-order chi connectivity index (χ1) is 5.72. The Morgan fingerprint density at radius 2 is 2.42 bits per heavy atom. The molecular formula is C6H10N4O2. The number of rotatable bonds is 3. The van der Waals surface area contributed by atoms with Crippen LogP contribution in [-0.4, -0.2) is 32.8 Å². The Morgan fingerprint density at radius 3 is 2.92 bits per heavy atom. The maximum absolute atomic E-state index is 10.9. The molecule has 0 saturated heterocycles. The summed E-state index contributed by atoms with van der Waals surface area (Å²) in [5, 5.41) is 11.0. The molecule has 12 heavy (non-hydrogen) atoms. The molecular weight excluding hydrogens is 160 g/mol. The predicted molar refractivity (Wildman–Crippen MR) is 39.1 cm³/mol. The number of carbonyl (C=O) groups excluding carboxylic acids is 1. The molecule has 1 heterocycles. The highest BCUT2D eigenvalue weighted by atomic mass is 16.5. The first kappa shape index (κ1) is 8.63. The number of hydrogen-bond acceptors (Lipinski definition) is 5. The molecule has 1 aromatic rings. The minimum Gasteiger partial charge on any atom is -0.466 e. The lowest BCUT2D eigenvalue weighted by atomic mass is 10.4. The minimum absolute atomic E-state index is 0.0850. The second-order valence-electron chi connectivity index (χ2n) is 2.18. The van der Waals surface area contributed by atoms with Crippen LogP contribution in [0.3, 0.4) is 0 Å². The highest BCUT2D eigenvalue weighted by molar-refractivity contribution is 5.71. The van der Waals surface area contributed by atoms with Crippen molar-refractivity contribution in [1.82, 2.24) is 20.2 Å². The van der Waals surface area contributed by atoms with Gasteiger partial charge < -0.3 is 4.74 Å². The van der Waals surface area contributed by atoms with Crippen molar-refractivity contribution >= 4 is 5.97 Å². The normalized spacial score (nSPS) is 9.83. The van der Waals surface area contributed by atoms with Crippen LogP contribution < -0.4 is 0 Å². The van der Waals surface area contributed by atoms with Gasteiger partial charge in [-0.15, -0.1) is 10.2 Å². The van der Waals surface area contributed by atoms with Gasteiger partial charge in [0.15, 0.2) is 5.82 Å². The molecule has 0 aliphatic carbocycles. The van der Waals surface area contributed by atoms with E-state index >= 15 is 0 Å². The molecule has 0 radical (unpaired) electrons. The molecule has 0 saturated carbocycles. The molecule has 0 amide bonds. The Hall–Kier alpha value is -1.46. The van der Waals surface area contributed by atoms with Gasteiger partial charge in [0.25, 0.3) is 0 Å². The Morgan fingerprint density at radius 1 is 1.67 bits per heavy atom. The second-order valence-corrected chi connectivity index (χ2v) is 2.18. The highest BCUT2D eigenvalue weighted by Gasteiger charge is 2.07. The lowest BCUT2D eigenvalue weighted by Gasteiger charge is -1.96. The third-order valence-corrected chi connectivity index (χ3v) is 1.16. The SMILES string of the molecule is CCOC(=O)Cc1nnn(C)n1. The molecule has 1 aromatic heterocycles. The predicted octanol–water partition coefficient (Wildman–Crippen LogP) is -0.684. The Bertz CT molecular complexity index is 270. The number of aryl methyl sites for hydroxylation is 1. The van der Waals surface area contributed by atoms with Crippen molar-refractivity contribution < 1.29 is 9.53 Å². The monoisotopic (exact) mass is 170 g/mol. The average molecular weight is 170 g/mol. The van der Waals surface area contributed by atoms with Gasteiger partial charge in [-0.1, -0.05) is 0 Å². The number of hydrogen-bond donors (Lipinski definition) is 0. The first-order valence-corrected chi connectivity index (χ1v) is 3.61. The molecule has 6 heteroatoms. The topological polar surface area (TPSA) is 69.9 Å². The minimum atomic E-state index is -0.328.